The summed E-state index contributed by atoms with van der Waals surface area (Å²) in [6.45, 7) is 2.28. The maximum absolute atomic E-state index is 5.66. The number of amidine groups is 1. The molecule has 0 saturated heterocycles. The lowest BCUT2D eigenvalue weighted by molar-refractivity contribution is 0.0298. The fourth-order valence-corrected chi connectivity index (χ4v) is 9.15. The number of rotatable bonds is 6. The third-order valence-electron chi connectivity index (χ3n) is 12.2. The van der Waals surface area contributed by atoms with E-state index in [9.17, 15) is 0 Å². The van der Waals surface area contributed by atoms with E-state index in [1.807, 2.05) is 0 Å². The summed E-state index contributed by atoms with van der Waals surface area (Å²) in [5, 5.41) is 8.76. The van der Waals surface area contributed by atoms with Gasteiger partial charge in [-0.1, -0.05) is 176 Å². The number of aliphatic imine (C=N–C) groups is 1. The lowest BCUT2D eigenvalue weighted by Crippen LogP contribution is -2.59. The van der Waals surface area contributed by atoms with E-state index in [4.69, 9.17) is 4.99 Å². The fourth-order valence-electron chi connectivity index (χ4n) is 9.15. The van der Waals surface area contributed by atoms with Crippen LogP contribution >= 0.6 is 0 Å². The molecule has 0 aliphatic carbocycles. The molecule has 10 aromatic rings. The van der Waals surface area contributed by atoms with E-state index in [1.165, 1.54) is 49.3 Å². The zero-order chi connectivity index (χ0) is 38.8. The summed E-state index contributed by atoms with van der Waals surface area (Å²) in [6.07, 6.45) is -0.412. The van der Waals surface area contributed by atoms with Crippen molar-refractivity contribution >= 4 is 49.4 Å². The van der Waals surface area contributed by atoms with Gasteiger partial charge in [-0.05, 0) is 66.1 Å². The first-order valence-corrected chi connectivity index (χ1v) is 20.0. The van der Waals surface area contributed by atoms with Crippen LogP contribution in [0, 0.1) is 0 Å². The first kappa shape index (κ1) is 34.1. The number of para-hydroxylation sites is 2. The highest BCUT2D eigenvalue weighted by molar-refractivity contribution is 6.23. The summed E-state index contributed by atoms with van der Waals surface area (Å²) in [5.74, 6) is 0.854. The minimum Gasteiger partial charge on any atom is -0.348 e. The van der Waals surface area contributed by atoms with Gasteiger partial charge in [0, 0.05) is 32.8 Å². The van der Waals surface area contributed by atoms with Crippen molar-refractivity contribution in [1.82, 2.24) is 19.4 Å². The summed E-state index contributed by atoms with van der Waals surface area (Å²) in [7, 11) is 2.20. The smallest absolute Gasteiger partial charge is 0.187 e. The molecule has 5 nitrogen and oxygen atoms in total. The third-order valence-corrected chi connectivity index (χ3v) is 12.2. The van der Waals surface area contributed by atoms with Gasteiger partial charge in [0.25, 0.3) is 0 Å². The van der Waals surface area contributed by atoms with Crippen molar-refractivity contribution in [3.05, 3.63) is 211 Å². The van der Waals surface area contributed by atoms with Crippen LogP contribution in [0.1, 0.15) is 24.3 Å². The molecule has 0 radical (unpaired) electrons. The van der Waals surface area contributed by atoms with E-state index in [2.05, 4.69) is 234 Å². The molecule has 5 heteroatoms. The van der Waals surface area contributed by atoms with Crippen molar-refractivity contribution in [2.24, 2.45) is 4.99 Å². The second kappa shape index (κ2) is 13.5. The monoisotopic (exact) mass is 747 g/mol. The zero-order valence-electron chi connectivity index (χ0n) is 32.4. The van der Waals surface area contributed by atoms with Crippen molar-refractivity contribution in [2.45, 2.75) is 18.9 Å². The Labute approximate surface area is 337 Å². The van der Waals surface area contributed by atoms with Crippen LogP contribution in [0.2, 0.25) is 0 Å². The topological polar surface area (TPSA) is 37.5 Å². The number of hydrogen-bond donors (Lipinski definition) is 1. The molecular weight excluding hydrogens is 707 g/mol. The maximum Gasteiger partial charge on any atom is 0.187 e. The fraction of sp³-hybridized carbons (Fsp3) is 0.0755. The Bertz CT molecular complexity index is 3160. The molecule has 278 valence electrons. The molecule has 1 aliphatic heterocycles. The average Bonchev–Trinajstić information content (AvgIpc) is 3.81. The molecule has 0 fully saturated rings. The molecule has 1 N–H and O–H groups in total. The molecule has 8 aromatic carbocycles. The molecule has 0 bridgehead atoms. The highest BCUT2D eigenvalue weighted by atomic mass is 15.5. The summed E-state index contributed by atoms with van der Waals surface area (Å²) >= 11 is 0. The van der Waals surface area contributed by atoms with Gasteiger partial charge in [-0.15, -0.1) is 0 Å². The molecule has 0 amide bonds. The van der Waals surface area contributed by atoms with Gasteiger partial charge in [-0.25, -0.2) is 9.89 Å². The second-order valence-electron chi connectivity index (χ2n) is 15.5. The lowest BCUT2D eigenvalue weighted by atomic mass is 9.95. The standard InChI is InChI=1S/C53H41N5/c1-53(41-31-29-38(30-32-41)36-17-6-3-7-18-36)55-51(39-21-10-5-11-22-39)54-52(56(53)2)58-48-28-15-13-26-44(48)46-34-33-45-43-25-12-14-27-47(43)57(49(45)50(46)58)42-24-16-23-40(35-42)37-19-8-4-9-20-37/h3-35,52H,1-2H3,(H,54,55). The summed E-state index contributed by atoms with van der Waals surface area (Å²) in [6, 6.07) is 72.0. The predicted octanol–water partition coefficient (Wildman–Crippen LogP) is 12.5. The number of aromatic nitrogens is 2. The van der Waals surface area contributed by atoms with E-state index in [0.29, 0.717) is 0 Å². The van der Waals surface area contributed by atoms with Crippen LogP contribution in [-0.4, -0.2) is 26.9 Å². The Morgan fingerprint density at radius 2 is 0.983 bits per heavy atom. The first-order chi connectivity index (χ1) is 28.6. The van der Waals surface area contributed by atoms with Crippen LogP contribution < -0.4 is 5.32 Å². The molecule has 3 heterocycles. The Morgan fingerprint density at radius 3 is 1.66 bits per heavy atom. The van der Waals surface area contributed by atoms with Gasteiger partial charge in [0.05, 0.1) is 22.1 Å². The number of hydrogen-bond acceptors (Lipinski definition) is 3. The van der Waals surface area contributed by atoms with Crippen LogP contribution in [0.15, 0.2) is 205 Å². The molecule has 2 atom stereocenters. The van der Waals surface area contributed by atoms with E-state index in [1.54, 1.807) is 0 Å². The van der Waals surface area contributed by atoms with Gasteiger partial charge in [0.2, 0.25) is 0 Å². The van der Waals surface area contributed by atoms with E-state index < -0.39 is 12.0 Å². The van der Waals surface area contributed by atoms with Gasteiger partial charge >= 0.3 is 0 Å². The molecule has 1 aliphatic rings. The third kappa shape index (κ3) is 5.32. The quantitative estimate of drug-likeness (QED) is 0.184. The van der Waals surface area contributed by atoms with Gasteiger partial charge < -0.3 is 14.5 Å². The summed E-state index contributed by atoms with van der Waals surface area (Å²) in [5.41, 5.74) is 12.1. The Hall–Kier alpha value is -7.21. The molecule has 11 rings (SSSR count). The molecule has 0 spiro atoms. The molecule has 58 heavy (non-hydrogen) atoms. The SMILES string of the molecule is CN1C(n2c3ccccc3c3ccc4c5ccccc5n(-c5cccc(-c6ccccc6)c5)c4c32)N=C(c2ccccc2)NC1(C)c1ccc(-c2ccccc2)cc1. The van der Waals surface area contributed by atoms with E-state index in [0.717, 1.165) is 39.2 Å². The van der Waals surface area contributed by atoms with Crippen LogP contribution in [0.3, 0.4) is 0 Å². The van der Waals surface area contributed by atoms with Crippen molar-refractivity contribution in [1.29, 1.82) is 0 Å². The molecule has 0 saturated carbocycles. The normalized spacial score (nSPS) is 17.2. The van der Waals surface area contributed by atoms with Crippen molar-refractivity contribution in [3.63, 3.8) is 0 Å². The van der Waals surface area contributed by atoms with Gasteiger partial charge in [-0.2, -0.15) is 0 Å². The molecular formula is C53H41N5. The van der Waals surface area contributed by atoms with Gasteiger partial charge in [0.1, 0.15) is 11.5 Å². The number of nitrogens with one attached hydrogen (secondary N) is 1. The van der Waals surface area contributed by atoms with Crippen LogP contribution in [0.25, 0.3) is 71.6 Å². The summed E-state index contributed by atoms with van der Waals surface area (Å²) in [4.78, 5) is 8.06. The Balaban J connectivity index is 1.19. The Kier molecular flexibility index (Phi) is 7.92. The largest absolute Gasteiger partial charge is 0.348 e. The van der Waals surface area contributed by atoms with Crippen molar-refractivity contribution in [2.75, 3.05) is 7.05 Å². The zero-order valence-corrected chi connectivity index (χ0v) is 32.4. The van der Waals surface area contributed by atoms with Crippen molar-refractivity contribution < 1.29 is 0 Å². The molecule has 2 aromatic heterocycles. The highest BCUT2D eigenvalue weighted by Gasteiger charge is 2.42. The highest BCUT2D eigenvalue weighted by Crippen LogP contribution is 2.45. The summed E-state index contributed by atoms with van der Waals surface area (Å²) < 4.78 is 4.96. The van der Waals surface area contributed by atoms with Crippen molar-refractivity contribution in [3.8, 4) is 27.9 Å². The average molecular weight is 748 g/mol. The minimum atomic E-state index is -0.630. The second-order valence-corrected chi connectivity index (χ2v) is 15.5. The predicted molar refractivity (Wildman–Crippen MR) is 241 cm³/mol. The van der Waals surface area contributed by atoms with Gasteiger partial charge in [-0.3, -0.25) is 0 Å². The van der Waals surface area contributed by atoms with E-state index in [-0.39, 0.29) is 0 Å². The van der Waals surface area contributed by atoms with Crippen LogP contribution in [0.5, 0.6) is 0 Å². The first-order valence-electron chi connectivity index (χ1n) is 20.0. The van der Waals surface area contributed by atoms with E-state index >= 15 is 0 Å². The molecule has 2 unspecified atom stereocenters. The number of benzene rings is 8. The lowest BCUT2D eigenvalue weighted by Gasteiger charge is -2.47. The van der Waals surface area contributed by atoms with Gasteiger partial charge in [0.15, 0.2) is 6.29 Å². The number of fused-ring (bicyclic) bond motifs is 7. The van der Waals surface area contributed by atoms with Crippen LogP contribution in [0.4, 0.5) is 0 Å². The van der Waals surface area contributed by atoms with Crippen LogP contribution in [-0.2, 0) is 5.66 Å². The minimum absolute atomic E-state index is 0.412. The Morgan fingerprint density at radius 1 is 0.466 bits per heavy atom. The number of nitrogens with zero attached hydrogens (tertiary/aromatic N) is 4. The maximum atomic E-state index is 5.66.